The van der Waals surface area contributed by atoms with Gasteiger partial charge in [0.2, 0.25) is 0 Å². The third-order valence-electron chi connectivity index (χ3n) is 1.55. The Morgan fingerprint density at radius 1 is 1.67 bits per heavy atom. The van der Waals surface area contributed by atoms with Gasteiger partial charge in [-0.15, -0.1) is 0 Å². The van der Waals surface area contributed by atoms with Gasteiger partial charge in [0.1, 0.15) is 6.10 Å². The summed E-state index contributed by atoms with van der Waals surface area (Å²) >= 11 is 0. The number of rotatable bonds is 4. The molecule has 0 aliphatic carbocycles. The Balaban J connectivity index is 3.96. The van der Waals surface area contributed by atoms with Gasteiger partial charge in [-0.25, -0.2) is 4.79 Å². The molecule has 0 spiro atoms. The first kappa shape index (κ1) is 11.0. The molecule has 0 N–H and O–H groups in total. The van der Waals surface area contributed by atoms with Gasteiger partial charge in [0, 0.05) is 6.08 Å². The first-order valence-corrected chi connectivity index (χ1v) is 4.10. The van der Waals surface area contributed by atoms with Crippen LogP contribution in [-0.4, -0.2) is 12.1 Å². The van der Waals surface area contributed by atoms with Crippen LogP contribution in [0.3, 0.4) is 0 Å². The molecule has 1 unspecified atom stereocenters. The number of ether oxygens (including phenoxy) is 1. The average Bonchev–Trinajstić information content (AvgIpc) is 2.03. The number of allylic oxidation sites excluding steroid dienone is 1. The van der Waals surface area contributed by atoms with Gasteiger partial charge in [-0.3, -0.25) is 0 Å². The zero-order chi connectivity index (χ0) is 9.56. The normalized spacial score (nSPS) is 13.8. The van der Waals surface area contributed by atoms with Crippen molar-refractivity contribution < 1.29 is 9.53 Å². The Morgan fingerprint density at radius 3 is 2.67 bits per heavy atom. The highest BCUT2D eigenvalue weighted by Crippen LogP contribution is 2.03. The molecule has 0 saturated carbocycles. The van der Waals surface area contributed by atoms with Crippen molar-refractivity contribution in [1.82, 2.24) is 0 Å². The van der Waals surface area contributed by atoms with Crippen molar-refractivity contribution in [1.29, 1.82) is 0 Å². The van der Waals surface area contributed by atoms with E-state index in [-0.39, 0.29) is 12.1 Å². The molecule has 0 bridgehead atoms. The van der Waals surface area contributed by atoms with Crippen molar-refractivity contribution >= 4 is 5.97 Å². The Hall–Kier alpha value is -1.05. The van der Waals surface area contributed by atoms with Gasteiger partial charge in [0.25, 0.3) is 0 Å². The maximum absolute atomic E-state index is 10.7. The fourth-order valence-electron chi connectivity index (χ4n) is 0.784. The summed E-state index contributed by atoms with van der Waals surface area (Å²) in [5.74, 6) is -0.373. The van der Waals surface area contributed by atoms with Crippen molar-refractivity contribution in [2.24, 2.45) is 0 Å². The molecular formula is C10H16O2. The Morgan fingerprint density at radius 2 is 2.25 bits per heavy atom. The predicted octanol–water partition coefficient (Wildman–Crippen LogP) is 2.46. The summed E-state index contributed by atoms with van der Waals surface area (Å²) in [5.41, 5.74) is 1.22. The Bertz CT molecular complexity index is 192. The van der Waals surface area contributed by atoms with Crippen molar-refractivity contribution in [2.45, 2.75) is 33.3 Å². The summed E-state index contributed by atoms with van der Waals surface area (Å²) in [7, 11) is 0. The number of carbonyl (C=O) groups is 1. The zero-order valence-electron chi connectivity index (χ0n) is 7.96. The van der Waals surface area contributed by atoms with Crippen LogP contribution in [0.15, 0.2) is 24.3 Å². The third kappa shape index (κ3) is 4.72. The van der Waals surface area contributed by atoms with Crippen LogP contribution in [0.4, 0.5) is 0 Å². The van der Waals surface area contributed by atoms with Crippen LogP contribution in [0.5, 0.6) is 0 Å². The third-order valence-corrected chi connectivity index (χ3v) is 1.55. The fraction of sp³-hybridized carbons (Fsp3) is 0.500. The monoisotopic (exact) mass is 168 g/mol. The largest absolute Gasteiger partial charge is 0.455 e. The standard InChI is InChI=1S/C10H16O2/c1-5-8(3)7-9(4)12-10(11)6-2/h6-7,9H,2,5H2,1,3-4H3. The molecule has 0 saturated heterocycles. The number of hydrogen-bond acceptors (Lipinski definition) is 2. The van der Waals surface area contributed by atoms with E-state index in [0.29, 0.717) is 0 Å². The molecular weight excluding hydrogens is 152 g/mol. The molecule has 0 rings (SSSR count). The quantitative estimate of drug-likeness (QED) is 0.366. The lowest BCUT2D eigenvalue weighted by Gasteiger charge is -2.07. The second kappa shape index (κ2) is 5.58. The summed E-state index contributed by atoms with van der Waals surface area (Å²) in [4.78, 5) is 10.7. The topological polar surface area (TPSA) is 26.3 Å². The van der Waals surface area contributed by atoms with Crippen LogP contribution < -0.4 is 0 Å². The lowest BCUT2D eigenvalue weighted by molar-refractivity contribution is -0.140. The highest BCUT2D eigenvalue weighted by atomic mass is 16.5. The van der Waals surface area contributed by atoms with E-state index >= 15 is 0 Å². The van der Waals surface area contributed by atoms with Crippen LogP contribution in [0.1, 0.15) is 27.2 Å². The summed E-state index contributed by atoms with van der Waals surface area (Å²) in [6, 6.07) is 0. The van der Waals surface area contributed by atoms with Gasteiger partial charge in [0.15, 0.2) is 0 Å². The SMILES string of the molecule is C=CC(=O)OC(C)C=C(C)CC. The lowest BCUT2D eigenvalue weighted by atomic mass is 10.2. The molecule has 0 aromatic rings. The summed E-state index contributed by atoms with van der Waals surface area (Å²) < 4.78 is 4.94. The molecule has 0 aromatic heterocycles. The highest BCUT2D eigenvalue weighted by Gasteiger charge is 2.02. The number of carbonyl (C=O) groups excluding carboxylic acids is 1. The fourth-order valence-corrected chi connectivity index (χ4v) is 0.784. The van der Waals surface area contributed by atoms with E-state index in [2.05, 4.69) is 13.5 Å². The van der Waals surface area contributed by atoms with Crippen molar-refractivity contribution in [3.63, 3.8) is 0 Å². The molecule has 2 nitrogen and oxygen atoms in total. The van der Waals surface area contributed by atoms with Crippen LogP contribution in [0, 0.1) is 0 Å². The van der Waals surface area contributed by atoms with E-state index < -0.39 is 0 Å². The van der Waals surface area contributed by atoms with Crippen LogP contribution in [-0.2, 0) is 9.53 Å². The molecule has 0 heterocycles. The second-order valence-electron chi connectivity index (χ2n) is 2.71. The van der Waals surface area contributed by atoms with E-state index in [9.17, 15) is 4.79 Å². The van der Waals surface area contributed by atoms with Crippen molar-refractivity contribution in [3.8, 4) is 0 Å². The van der Waals surface area contributed by atoms with Crippen LogP contribution in [0.25, 0.3) is 0 Å². The van der Waals surface area contributed by atoms with Crippen molar-refractivity contribution in [3.05, 3.63) is 24.3 Å². The molecule has 2 heteroatoms. The lowest BCUT2D eigenvalue weighted by Crippen LogP contribution is -2.10. The molecule has 1 atom stereocenters. The van der Waals surface area contributed by atoms with Gasteiger partial charge in [0.05, 0.1) is 0 Å². The Kier molecular flexibility index (Phi) is 5.09. The van der Waals surface area contributed by atoms with Crippen molar-refractivity contribution in [2.75, 3.05) is 0 Å². The summed E-state index contributed by atoms with van der Waals surface area (Å²) in [6.07, 6.45) is 3.93. The Labute approximate surface area is 73.9 Å². The highest BCUT2D eigenvalue weighted by molar-refractivity contribution is 5.81. The molecule has 12 heavy (non-hydrogen) atoms. The number of hydrogen-bond donors (Lipinski definition) is 0. The van der Waals surface area contributed by atoms with Crippen LogP contribution in [0.2, 0.25) is 0 Å². The molecule has 0 amide bonds. The molecule has 0 aromatic carbocycles. The predicted molar refractivity (Wildman–Crippen MR) is 49.8 cm³/mol. The minimum atomic E-state index is -0.373. The van der Waals surface area contributed by atoms with Gasteiger partial charge in [-0.2, -0.15) is 0 Å². The van der Waals surface area contributed by atoms with E-state index in [0.717, 1.165) is 6.42 Å². The van der Waals surface area contributed by atoms with Crippen LogP contribution >= 0.6 is 0 Å². The molecule has 0 radical (unpaired) electrons. The number of esters is 1. The molecule has 0 aliphatic rings. The van der Waals surface area contributed by atoms with Gasteiger partial charge in [-0.05, 0) is 26.3 Å². The molecule has 68 valence electrons. The van der Waals surface area contributed by atoms with E-state index in [1.54, 1.807) is 0 Å². The van der Waals surface area contributed by atoms with Gasteiger partial charge in [-0.1, -0.05) is 19.1 Å². The minimum Gasteiger partial charge on any atom is -0.455 e. The van der Waals surface area contributed by atoms with E-state index in [4.69, 9.17) is 4.74 Å². The molecule has 0 aliphatic heterocycles. The summed E-state index contributed by atoms with van der Waals surface area (Å²) in [5, 5.41) is 0. The average molecular weight is 168 g/mol. The van der Waals surface area contributed by atoms with E-state index in [1.807, 2.05) is 19.9 Å². The summed E-state index contributed by atoms with van der Waals surface area (Å²) in [6.45, 7) is 9.23. The van der Waals surface area contributed by atoms with Gasteiger partial charge < -0.3 is 4.74 Å². The maximum Gasteiger partial charge on any atom is 0.330 e. The molecule has 0 fully saturated rings. The first-order valence-electron chi connectivity index (χ1n) is 4.10. The first-order chi connectivity index (χ1) is 5.60. The second-order valence-corrected chi connectivity index (χ2v) is 2.71. The minimum absolute atomic E-state index is 0.157. The smallest absolute Gasteiger partial charge is 0.330 e. The van der Waals surface area contributed by atoms with Gasteiger partial charge >= 0.3 is 5.97 Å². The zero-order valence-corrected chi connectivity index (χ0v) is 7.96. The van der Waals surface area contributed by atoms with E-state index in [1.165, 1.54) is 11.6 Å². The maximum atomic E-state index is 10.7.